The molecule has 1 atom stereocenters. The van der Waals surface area contributed by atoms with Gasteiger partial charge < -0.3 is 5.73 Å². The van der Waals surface area contributed by atoms with Crippen LogP contribution in [0.25, 0.3) is 20.8 Å². The predicted molar refractivity (Wildman–Crippen MR) is 93.2 cm³/mol. The summed E-state index contributed by atoms with van der Waals surface area (Å²) in [6.45, 7) is 2.29. The first-order valence-corrected chi connectivity index (χ1v) is 9.15. The average Bonchev–Trinajstić information content (AvgIpc) is 3.05. The zero-order valence-electron chi connectivity index (χ0n) is 12.1. The Kier molecular flexibility index (Phi) is 3.23. The number of aromatic nitrogens is 1. The highest BCUT2D eigenvalue weighted by Gasteiger charge is 2.26. The molecule has 0 aliphatic heterocycles. The number of nitrogens with two attached hydrogens (primary N) is 1. The Morgan fingerprint density at radius 1 is 1.29 bits per heavy atom. The summed E-state index contributed by atoms with van der Waals surface area (Å²) in [6, 6.07) is 8.34. The molecule has 1 aliphatic rings. The van der Waals surface area contributed by atoms with Crippen LogP contribution < -0.4 is 5.73 Å². The van der Waals surface area contributed by atoms with E-state index in [0.29, 0.717) is 0 Å². The number of rotatable bonds is 2. The lowest BCUT2D eigenvalue weighted by Gasteiger charge is -2.20. The van der Waals surface area contributed by atoms with Gasteiger partial charge in [-0.1, -0.05) is 25.5 Å². The first-order valence-electron chi connectivity index (χ1n) is 7.52. The monoisotopic (exact) mass is 314 g/mol. The Hall–Kier alpha value is -1.39. The van der Waals surface area contributed by atoms with Gasteiger partial charge in [0.25, 0.3) is 0 Å². The van der Waals surface area contributed by atoms with Crippen LogP contribution in [0.4, 0.5) is 5.00 Å². The Balaban J connectivity index is 1.83. The Morgan fingerprint density at radius 3 is 2.95 bits per heavy atom. The molecule has 21 heavy (non-hydrogen) atoms. The molecule has 3 aromatic rings. The molecule has 4 rings (SSSR count). The van der Waals surface area contributed by atoms with E-state index in [9.17, 15) is 0 Å². The molecule has 0 saturated heterocycles. The van der Waals surface area contributed by atoms with Gasteiger partial charge in [-0.2, -0.15) is 0 Å². The van der Waals surface area contributed by atoms with Crippen LogP contribution >= 0.6 is 22.7 Å². The van der Waals surface area contributed by atoms with Gasteiger partial charge in [0.15, 0.2) is 0 Å². The normalized spacial score (nSPS) is 18.0. The second-order valence-corrected chi connectivity index (χ2v) is 7.91. The first kappa shape index (κ1) is 13.3. The van der Waals surface area contributed by atoms with Crippen molar-refractivity contribution in [3.63, 3.8) is 0 Å². The summed E-state index contributed by atoms with van der Waals surface area (Å²) in [5.41, 5.74) is 10.1. The van der Waals surface area contributed by atoms with Crippen molar-refractivity contribution in [2.24, 2.45) is 5.92 Å². The van der Waals surface area contributed by atoms with Crippen LogP contribution in [0.2, 0.25) is 0 Å². The summed E-state index contributed by atoms with van der Waals surface area (Å²) in [7, 11) is 0. The molecule has 4 heteroatoms. The Morgan fingerprint density at radius 2 is 2.14 bits per heavy atom. The average molecular weight is 314 g/mol. The molecule has 1 unspecified atom stereocenters. The number of thiazole rings is 1. The van der Waals surface area contributed by atoms with Gasteiger partial charge in [0.1, 0.15) is 5.01 Å². The molecule has 2 N–H and O–H groups in total. The van der Waals surface area contributed by atoms with Crippen LogP contribution in [-0.4, -0.2) is 4.98 Å². The van der Waals surface area contributed by atoms with Crippen LogP contribution in [0.15, 0.2) is 24.3 Å². The molecule has 2 heterocycles. The Labute approximate surface area is 132 Å². The molecule has 0 radical (unpaired) electrons. The van der Waals surface area contributed by atoms with Crippen molar-refractivity contribution < 1.29 is 0 Å². The lowest BCUT2D eigenvalue weighted by Crippen LogP contribution is -2.11. The van der Waals surface area contributed by atoms with E-state index in [4.69, 9.17) is 10.7 Å². The summed E-state index contributed by atoms with van der Waals surface area (Å²) in [5, 5.41) is 2.05. The second-order valence-electron chi connectivity index (χ2n) is 5.75. The van der Waals surface area contributed by atoms with E-state index >= 15 is 0 Å². The number of para-hydroxylation sites is 1. The fourth-order valence-corrected chi connectivity index (χ4v) is 5.59. The highest BCUT2D eigenvalue weighted by atomic mass is 32.1. The molecule has 2 aromatic heterocycles. The molecule has 108 valence electrons. The van der Waals surface area contributed by atoms with Crippen LogP contribution in [0.3, 0.4) is 0 Å². The van der Waals surface area contributed by atoms with Crippen LogP contribution in [0.5, 0.6) is 0 Å². The third-order valence-electron chi connectivity index (χ3n) is 4.48. The number of thiophene rings is 1. The highest BCUT2D eigenvalue weighted by Crippen LogP contribution is 2.45. The third-order valence-corrected chi connectivity index (χ3v) is 6.62. The minimum atomic E-state index is 0.832. The number of anilines is 1. The van der Waals surface area contributed by atoms with E-state index in [2.05, 4.69) is 25.1 Å². The molecular formula is C17H18N2S2. The molecule has 1 aromatic carbocycles. The fourth-order valence-electron chi connectivity index (χ4n) is 3.24. The van der Waals surface area contributed by atoms with Crippen molar-refractivity contribution in [1.82, 2.24) is 4.98 Å². The van der Waals surface area contributed by atoms with E-state index in [-0.39, 0.29) is 0 Å². The van der Waals surface area contributed by atoms with Gasteiger partial charge in [-0.25, -0.2) is 4.98 Å². The zero-order chi connectivity index (χ0) is 14.4. The Bertz CT molecular complexity index is 767. The summed E-state index contributed by atoms with van der Waals surface area (Å²) >= 11 is 3.55. The minimum Gasteiger partial charge on any atom is -0.390 e. The van der Waals surface area contributed by atoms with Gasteiger partial charge in [-0.3, -0.25) is 0 Å². The third kappa shape index (κ3) is 2.17. The molecule has 0 amide bonds. The molecule has 0 spiro atoms. The van der Waals surface area contributed by atoms with Crippen LogP contribution in [0.1, 0.15) is 30.2 Å². The zero-order valence-corrected chi connectivity index (χ0v) is 13.7. The van der Waals surface area contributed by atoms with Gasteiger partial charge in [-0.15, -0.1) is 22.7 Å². The SMILES string of the molecule is CCC1CCc2c(sc(N)c2-c2nc3ccccc3s2)C1. The van der Waals surface area contributed by atoms with E-state index in [1.54, 1.807) is 22.7 Å². The predicted octanol–water partition coefficient (Wildman–Crippen LogP) is 5.12. The van der Waals surface area contributed by atoms with Gasteiger partial charge in [-0.05, 0) is 42.9 Å². The number of nitrogen functional groups attached to an aromatic ring is 1. The van der Waals surface area contributed by atoms with E-state index in [0.717, 1.165) is 27.9 Å². The largest absolute Gasteiger partial charge is 0.390 e. The molecule has 0 saturated carbocycles. The summed E-state index contributed by atoms with van der Waals surface area (Å²) in [4.78, 5) is 6.31. The topological polar surface area (TPSA) is 38.9 Å². The second kappa shape index (κ2) is 5.11. The number of nitrogens with zero attached hydrogens (tertiary/aromatic N) is 1. The smallest absolute Gasteiger partial charge is 0.127 e. The molecule has 1 aliphatic carbocycles. The van der Waals surface area contributed by atoms with Crippen molar-refractivity contribution in [2.45, 2.75) is 32.6 Å². The van der Waals surface area contributed by atoms with Crippen LogP contribution in [0, 0.1) is 5.92 Å². The maximum Gasteiger partial charge on any atom is 0.127 e. The lowest BCUT2D eigenvalue weighted by atomic mass is 9.86. The van der Waals surface area contributed by atoms with Gasteiger partial charge in [0, 0.05) is 10.4 Å². The number of hydrogen-bond donors (Lipinski definition) is 1. The summed E-state index contributed by atoms with van der Waals surface area (Å²) in [6.07, 6.45) is 4.92. The lowest BCUT2D eigenvalue weighted by molar-refractivity contribution is 0.450. The van der Waals surface area contributed by atoms with Crippen molar-refractivity contribution >= 4 is 37.9 Å². The highest BCUT2D eigenvalue weighted by molar-refractivity contribution is 7.22. The maximum atomic E-state index is 6.35. The fraction of sp³-hybridized carbons (Fsp3) is 0.353. The molecule has 0 fully saturated rings. The van der Waals surface area contributed by atoms with Gasteiger partial charge >= 0.3 is 0 Å². The summed E-state index contributed by atoms with van der Waals surface area (Å²) in [5.74, 6) is 0.832. The standard InChI is InChI=1S/C17H18N2S2/c1-2-10-7-8-11-14(9-10)20-16(18)15(11)17-19-12-5-3-4-6-13(12)21-17/h3-6,10H,2,7-9,18H2,1H3. The first-order chi connectivity index (χ1) is 10.3. The minimum absolute atomic E-state index is 0.832. The van der Waals surface area contributed by atoms with E-state index in [1.165, 1.54) is 40.0 Å². The quantitative estimate of drug-likeness (QED) is 0.713. The number of benzene rings is 1. The molecule has 0 bridgehead atoms. The van der Waals surface area contributed by atoms with Crippen molar-refractivity contribution in [3.8, 4) is 10.6 Å². The summed E-state index contributed by atoms with van der Waals surface area (Å²) < 4.78 is 1.24. The molecular weight excluding hydrogens is 296 g/mol. The van der Waals surface area contributed by atoms with Crippen molar-refractivity contribution in [3.05, 3.63) is 34.7 Å². The van der Waals surface area contributed by atoms with Crippen LogP contribution in [-0.2, 0) is 12.8 Å². The van der Waals surface area contributed by atoms with E-state index in [1.807, 2.05) is 6.07 Å². The molecule has 2 nitrogen and oxygen atoms in total. The van der Waals surface area contributed by atoms with E-state index < -0.39 is 0 Å². The van der Waals surface area contributed by atoms with Crippen molar-refractivity contribution in [1.29, 1.82) is 0 Å². The maximum absolute atomic E-state index is 6.35. The van der Waals surface area contributed by atoms with Crippen molar-refractivity contribution in [2.75, 3.05) is 5.73 Å². The van der Waals surface area contributed by atoms with Gasteiger partial charge in [0.05, 0.1) is 15.2 Å². The number of fused-ring (bicyclic) bond motifs is 2. The number of hydrogen-bond acceptors (Lipinski definition) is 4. The van der Waals surface area contributed by atoms with Gasteiger partial charge in [0.2, 0.25) is 0 Å².